The number of aromatic nitrogens is 1. The number of allylic oxidation sites excluding steroid dienone is 1. The number of aryl methyl sites for hydroxylation is 2. The van der Waals surface area contributed by atoms with E-state index in [0.29, 0.717) is 62.8 Å². The molecule has 3 fully saturated rings. The van der Waals surface area contributed by atoms with Crippen LogP contribution in [0.2, 0.25) is 0 Å². The van der Waals surface area contributed by atoms with Gasteiger partial charge in [0.15, 0.2) is 0 Å². The number of carbonyl (C=O) groups excluding carboxylic acids is 4. The van der Waals surface area contributed by atoms with E-state index in [-0.39, 0.29) is 19.4 Å². The third-order valence-electron chi connectivity index (χ3n) is 12.0. The number of rotatable bonds is 5. The van der Waals surface area contributed by atoms with Gasteiger partial charge in [0, 0.05) is 23.3 Å². The Kier molecular flexibility index (Phi) is 9.73. The molecule has 53 heavy (non-hydrogen) atoms. The van der Waals surface area contributed by atoms with Crippen molar-refractivity contribution < 1.29 is 37.1 Å². The van der Waals surface area contributed by atoms with Crippen LogP contribution in [0.1, 0.15) is 103 Å². The van der Waals surface area contributed by atoms with E-state index in [4.69, 9.17) is 14.5 Å². The summed E-state index contributed by atoms with van der Waals surface area (Å²) in [5.74, 6) is -1.56. The number of nitrogens with zero attached hydrogens (tertiary/aromatic N) is 2. The monoisotopic (exact) mass is 749 g/mol. The highest BCUT2D eigenvalue weighted by Gasteiger charge is 2.59. The Morgan fingerprint density at radius 2 is 1.85 bits per heavy atom. The molecule has 4 heterocycles. The molecule has 2 saturated carbocycles. The van der Waals surface area contributed by atoms with Crippen molar-refractivity contribution in [3.8, 4) is 5.75 Å². The van der Waals surface area contributed by atoms with E-state index < -0.39 is 73.8 Å². The number of hydrogen-bond donors (Lipinski definition) is 3. The molecule has 5 atom stereocenters. The summed E-state index contributed by atoms with van der Waals surface area (Å²) in [6.45, 7) is 7.02. The minimum Gasteiger partial charge on any atom is -0.483 e. The maximum atomic E-state index is 14.7. The van der Waals surface area contributed by atoms with Crippen molar-refractivity contribution in [1.29, 1.82) is 0 Å². The molecule has 1 aromatic carbocycles. The number of hydrogen-bond acceptors (Lipinski definition) is 9. The molecule has 0 bridgehead atoms. The van der Waals surface area contributed by atoms with E-state index in [1.54, 1.807) is 20.8 Å². The van der Waals surface area contributed by atoms with Gasteiger partial charge in [-0.1, -0.05) is 43.2 Å². The van der Waals surface area contributed by atoms with Crippen LogP contribution in [0.4, 0.5) is 4.79 Å². The first-order valence-corrected chi connectivity index (χ1v) is 20.5. The molecule has 3 aliphatic heterocycles. The van der Waals surface area contributed by atoms with Gasteiger partial charge < -0.3 is 25.0 Å². The Hall–Kier alpha value is -4.20. The predicted octanol–water partition coefficient (Wildman–Crippen LogP) is 4.49. The maximum absolute atomic E-state index is 14.7. The molecular weight excluding hydrogens is 699 g/mol. The fraction of sp³-hybridized carbons (Fsp3) is 0.615. The molecule has 13 nitrogen and oxygen atoms in total. The van der Waals surface area contributed by atoms with E-state index in [2.05, 4.69) is 15.4 Å². The molecule has 1 aromatic heterocycles. The zero-order chi connectivity index (χ0) is 37.8. The number of ether oxygens (including phenoxy) is 2. The van der Waals surface area contributed by atoms with Crippen LogP contribution in [-0.4, -0.2) is 82.7 Å². The molecule has 5 aliphatic rings. The van der Waals surface area contributed by atoms with Crippen LogP contribution >= 0.6 is 0 Å². The second kappa shape index (κ2) is 13.9. The summed E-state index contributed by atoms with van der Waals surface area (Å²) >= 11 is 0. The number of nitrogens with one attached hydrogen (secondary N) is 3. The highest BCUT2D eigenvalue weighted by atomic mass is 32.2. The lowest BCUT2D eigenvalue weighted by Gasteiger charge is -2.48. The molecule has 286 valence electrons. The van der Waals surface area contributed by atoms with Gasteiger partial charge in [-0.15, -0.1) is 0 Å². The lowest BCUT2D eigenvalue weighted by Crippen LogP contribution is -2.70. The van der Waals surface area contributed by atoms with Crippen LogP contribution in [-0.2, 0) is 35.6 Å². The summed E-state index contributed by atoms with van der Waals surface area (Å²) in [5.41, 5.74) is 0.130. The summed E-state index contributed by atoms with van der Waals surface area (Å²) in [7, 11) is -3.99. The Labute approximate surface area is 311 Å². The van der Waals surface area contributed by atoms with Crippen molar-refractivity contribution in [3.63, 3.8) is 0 Å². The van der Waals surface area contributed by atoms with Crippen LogP contribution in [0, 0.1) is 12.8 Å². The molecule has 2 aliphatic carbocycles. The number of alkyl carbamates (subject to hydrolysis) is 1. The molecule has 0 radical (unpaired) electrons. The van der Waals surface area contributed by atoms with Crippen molar-refractivity contribution in [1.82, 2.24) is 25.2 Å². The third-order valence-corrected chi connectivity index (χ3v) is 14.1. The van der Waals surface area contributed by atoms with Gasteiger partial charge in [-0.25, -0.2) is 18.2 Å². The van der Waals surface area contributed by atoms with E-state index in [0.717, 1.165) is 29.3 Å². The van der Waals surface area contributed by atoms with Crippen molar-refractivity contribution in [2.45, 2.75) is 139 Å². The van der Waals surface area contributed by atoms with E-state index in [1.165, 1.54) is 4.90 Å². The minimum atomic E-state index is -3.99. The summed E-state index contributed by atoms with van der Waals surface area (Å²) in [6, 6.07) is 5.85. The average molecular weight is 750 g/mol. The number of sulfonamides is 1. The maximum Gasteiger partial charge on any atom is 0.408 e. The first-order chi connectivity index (χ1) is 25.2. The number of pyridine rings is 1. The van der Waals surface area contributed by atoms with Crippen LogP contribution in [0.25, 0.3) is 10.9 Å². The summed E-state index contributed by atoms with van der Waals surface area (Å²) in [5, 5.41) is 6.77. The Morgan fingerprint density at radius 1 is 1.08 bits per heavy atom. The molecule has 14 heteroatoms. The zero-order valence-corrected chi connectivity index (χ0v) is 31.9. The van der Waals surface area contributed by atoms with Crippen LogP contribution in [0.5, 0.6) is 5.75 Å². The Morgan fingerprint density at radius 3 is 2.57 bits per heavy atom. The lowest BCUT2D eigenvalue weighted by atomic mass is 9.65. The van der Waals surface area contributed by atoms with Crippen LogP contribution in [0.15, 0.2) is 36.4 Å². The molecule has 1 spiro atoms. The zero-order valence-electron chi connectivity index (χ0n) is 31.0. The number of para-hydroxylation sites is 1. The molecule has 5 unspecified atom stereocenters. The third kappa shape index (κ3) is 6.99. The highest BCUT2D eigenvalue weighted by molar-refractivity contribution is 7.91. The fourth-order valence-electron chi connectivity index (χ4n) is 8.41. The second-order valence-corrected chi connectivity index (χ2v) is 18.4. The number of carbonyl (C=O) groups is 4. The smallest absolute Gasteiger partial charge is 0.408 e. The first kappa shape index (κ1) is 37.1. The van der Waals surface area contributed by atoms with Gasteiger partial charge in [-0.3, -0.25) is 19.1 Å². The number of amides is 4. The SMILES string of the molecule is Cc1nc2ccccc2c2c1OC1(CC2)CC2C(=O)NC3(C(=O)NS(=O)(=O)C4(C)CC4)CCC3C=CCCCCCC(NC(=O)OC(C)C)C(=O)N2C1. The van der Waals surface area contributed by atoms with Gasteiger partial charge in [-0.2, -0.15) is 0 Å². The number of benzene rings is 1. The van der Waals surface area contributed by atoms with E-state index in [1.807, 2.05) is 43.3 Å². The topological polar surface area (TPSA) is 173 Å². The number of fused-ring (bicyclic) bond motifs is 5. The lowest BCUT2D eigenvalue weighted by molar-refractivity contribution is -0.144. The molecule has 4 amide bonds. The molecule has 2 aromatic rings. The quantitative estimate of drug-likeness (QED) is 0.373. The van der Waals surface area contributed by atoms with Gasteiger partial charge in [-0.05, 0) is 91.5 Å². The molecular formula is C39H51N5O8S. The highest BCUT2D eigenvalue weighted by Crippen LogP contribution is 2.47. The molecule has 1 saturated heterocycles. The standard InChI is InChI=1S/C39H51N5O8S/c1-24(2)51-36(48)41-30-15-9-7-5-6-8-12-26-16-19-39(26,35(47)43-53(49,50)37(4)20-21-37)42-33(45)31-22-38(23-44(31)34(30)46)18-17-28-27-13-10-11-14-29(27)40-25(3)32(28)52-38/h8,10-14,24,26,30-31H,5-7,9,15-23H2,1-4H3,(H,41,48)(H,42,45)(H,43,47). The van der Waals surface area contributed by atoms with Gasteiger partial charge >= 0.3 is 6.09 Å². The van der Waals surface area contributed by atoms with Crippen molar-refractivity contribution in [2.24, 2.45) is 5.92 Å². The Bertz CT molecular complexity index is 1960. The van der Waals surface area contributed by atoms with Crippen LogP contribution in [0.3, 0.4) is 0 Å². The summed E-state index contributed by atoms with van der Waals surface area (Å²) in [4.78, 5) is 62.6. The van der Waals surface area contributed by atoms with Crippen molar-refractivity contribution in [3.05, 3.63) is 47.7 Å². The van der Waals surface area contributed by atoms with Gasteiger partial charge in [0.25, 0.3) is 5.91 Å². The van der Waals surface area contributed by atoms with Gasteiger partial charge in [0.05, 0.1) is 28.6 Å². The molecule has 3 N–H and O–H groups in total. The van der Waals surface area contributed by atoms with Gasteiger partial charge in [0.1, 0.15) is 29.0 Å². The van der Waals surface area contributed by atoms with Crippen molar-refractivity contribution >= 4 is 44.7 Å². The minimum absolute atomic E-state index is 0.0717. The van der Waals surface area contributed by atoms with Crippen molar-refractivity contribution in [2.75, 3.05) is 6.54 Å². The van der Waals surface area contributed by atoms with E-state index >= 15 is 0 Å². The predicted molar refractivity (Wildman–Crippen MR) is 197 cm³/mol. The van der Waals surface area contributed by atoms with Gasteiger partial charge in [0.2, 0.25) is 21.8 Å². The second-order valence-electron chi connectivity index (χ2n) is 16.2. The fourth-order valence-corrected chi connectivity index (χ4v) is 9.72. The molecule has 7 rings (SSSR count). The van der Waals surface area contributed by atoms with E-state index in [9.17, 15) is 27.6 Å². The first-order valence-electron chi connectivity index (χ1n) is 19.1. The largest absolute Gasteiger partial charge is 0.483 e. The Balaban J connectivity index is 1.25. The summed E-state index contributed by atoms with van der Waals surface area (Å²) < 4.78 is 40.1. The van der Waals surface area contributed by atoms with Crippen LogP contribution < -0.4 is 20.1 Å². The average Bonchev–Trinajstić information content (AvgIpc) is 3.76. The normalized spacial score (nSPS) is 29.8. The summed E-state index contributed by atoms with van der Waals surface area (Å²) in [6.07, 6.45) is 9.09.